The van der Waals surface area contributed by atoms with Gasteiger partial charge in [0.05, 0.1) is 19.2 Å². The smallest absolute Gasteiger partial charge is 0.255 e. The molecule has 136 valence electrons. The number of hydrogen-bond donors (Lipinski definition) is 3. The Bertz CT molecular complexity index is 788. The lowest BCUT2D eigenvalue weighted by atomic mass is 10.2. The molecule has 0 aliphatic rings. The average molecular weight is 355 g/mol. The molecule has 7 heteroatoms. The Kier molecular flexibility index (Phi) is 6.73. The van der Waals surface area contributed by atoms with Gasteiger partial charge in [0, 0.05) is 19.2 Å². The first-order valence-electron chi connectivity index (χ1n) is 8.04. The third-order valence-corrected chi connectivity index (χ3v) is 3.53. The fourth-order valence-electron chi connectivity index (χ4n) is 2.26. The van der Waals surface area contributed by atoms with Crippen LogP contribution in [0.15, 0.2) is 48.5 Å². The SMILES string of the molecule is COc1ccccc1C(=O)NCC(=O)NCc1ccc(NC(C)=O)cc1. The van der Waals surface area contributed by atoms with Gasteiger partial charge in [-0.15, -0.1) is 0 Å². The number of para-hydroxylation sites is 1. The second-order valence-electron chi connectivity index (χ2n) is 5.54. The van der Waals surface area contributed by atoms with Gasteiger partial charge in [-0.25, -0.2) is 0 Å². The van der Waals surface area contributed by atoms with Crippen LogP contribution in [0.1, 0.15) is 22.8 Å². The van der Waals surface area contributed by atoms with E-state index in [9.17, 15) is 14.4 Å². The maximum atomic E-state index is 12.1. The standard InChI is InChI=1S/C19H21N3O4/c1-13(23)22-15-9-7-14(8-10-15)11-20-18(24)12-21-19(25)16-5-3-4-6-17(16)26-2/h3-10H,11-12H2,1-2H3,(H,20,24)(H,21,25)(H,22,23). The first-order chi connectivity index (χ1) is 12.5. The molecule has 26 heavy (non-hydrogen) atoms. The summed E-state index contributed by atoms with van der Waals surface area (Å²) in [7, 11) is 1.48. The normalized spacial score (nSPS) is 9.92. The highest BCUT2D eigenvalue weighted by Gasteiger charge is 2.12. The molecule has 0 heterocycles. The van der Waals surface area contributed by atoms with Crippen molar-refractivity contribution in [3.63, 3.8) is 0 Å². The number of carbonyl (C=O) groups excluding carboxylic acids is 3. The molecule has 0 spiro atoms. The van der Waals surface area contributed by atoms with E-state index >= 15 is 0 Å². The number of anilines is 1. The lowest BCUT2D eigenvalue weighted by Gasteiger charge is -2.10. The molecule has 0 fully saturated rings. The first kappa shape index (κ1) is 19.0. The van der Waals surface area contributed by atoms with Gasteiger partial charge >= 0.3 is 0 Å². The van der Waals surface area contributed by atoms with Gasteiger partial charge in [-0.05, 0) is 29.8 Å². The Morgan fingerprint density at radius 2 is 1.65 bits per heavy atom. The third-order valence-electron chi connectivity index (χ3n) is 3.53. The van der Waals surface area contributed by atoms with Crippen LogP contribution in [0.5, 0.6) is 5.75 Å². The summed E-state index contributed by atoms with van der Waals surface area (Å²) in [6.07, 6.45) is 0. The Labute approximate surface area is 151 Å². The van der Waals surface area contributed by atoms with E-state index in [1.165, 1.54) is 14.0 Å². The quantitative estimate of drug-likeness (QED) is 0.704. The summed E-state index contributed by atoms with van der Waals surface area (Å²) in [5, 5.41) is 7.95. The van der Waals surface area contributed by atoms with E-state index in [-0.39, 0.29) is 24.3 Å². The molecular weight excluding hydrogens is 334 g/mol. The molecule has 0 atom stereocenters. The van der Waals surface area contributed by atoms with Gasteiger partial charge in [-0.1, -0.05) is 24.3 Å². The summed E-state index contributed by atoms with van der Waals surface area (Å²) in [4.78, 5) is 35.0. The minimum Gasteiger partial charge on any atom is -0.496 e. The van der Waals surface area contributed by atoms with Crippen molar-refractivity contribution in [2.45, 2.75) is 13.5 Å². The van der Waals surface area contributed by atoms with Gasteiger partial charge in [0.15, 0.2) is 0 Å². The van der Waals surface area contributed by atoms with Crippen LogP contribution < -0.4 is 20.7 Å². The van der Waals surface area contributed by atoms with E-state index in [2.05, 4.69) is 16.0 Å². The van der Waals surface area contributed by atoms with Gasteiger partial charge in [0.25, 0.3) is 5.91 Å². The van der Waals surface area contributed by atoms with Gasteiger partial charge in [0.2, 0.25) is 11.8 Å². The Morgan fingerprint density at radius 1 is 0.962 bits per heavy atom. The fraction of sp³-hybridized carbons (Fsp3) is 0.211. The van der Waals surface area contributed by atoms with Gasteiger partial charge in [0.1, 0.15) is 5.75 Å². The maximum Gasteiger partial charge on any atom is 0.255 e. The van der Waals surface area contributed by atoms with E-state index in [4.69, 9.17) is 4.74 Å². The number of carbonyl (C=O) groups is 3. The number of amides is 3. The molecule has 0 aromatic heterocycles. The van der Waals surface area contributed by atoms with Crippen LogP contribution in [-0.4, -0.2) is 31.4 Å². The molecule has 0 unspecified atom stereocenters. The van der Waals surface area contributed by atoms with E-state index in [0.29, 0.717) is 23.5 Å². The average Bonchev–Trinajstić information content (AvgIpc) is 2.65. The van der Waals surface area contributed by atoms with Crippen molar-refractivity contribution < 1.29 is 19.1 Å². The van der Waals surface area contributed by atoms with Crippen molar-refractivity contribution in [3.8, 4) is 5.75 Å². The zero-order valence-electron chi connectivity index (χ0n) is 14.7. The number of hydrogen-bond acceptors (Lipinski definition) is 4. The van der Waals surface area contributed by atoms with E-state index < -0.39 is 0 Å². The number of methoxy groups -OCH3 is 1. The summed E-state index contributed by atoms with van der Waals surface area (Å²) in [6.45, 7) is 1.62. The predicted molar refractivity (Wildman–Crippen MR) is 97.9 cm³/mol. The van der Waals surface area contributed by atoms with Crippen molar-refractivity contribution in [1.29, 1.82) is 0 Å². The molecule has 3 amide bonds. The molecule has 2 aromatic rings. The molecular formula is C19H21N3O4. The number of rotatable bonds is 7. The summed E-state index contributed by atoms with van der Waals surface area (Å²) in [5.74, 6) is -0.377. The zero-order valence-corrected chi connectivity index (χ0v) is 14.7. The Hall–Kier alpha value is -3.35. The fourth-order valence-corrected chi connectivity index (χ4v) is 2.26. The van der Waals surface area contributed by atoms with Gasteiger partial charge < -0.3 is 20.7 Å². The number of ether oxygens (including phenoxy) is 1. The molecule has 2 rings (SSSR count). The van der Waals surface area contributed by atoms with Crippen molar-refractivity contribution in [2.75, 3.05) is 19.0 Å². The second-order valence-corrected chi connectivity index (χ2v) is 5.54. The zero-order chi connectivity index (χ0) is 18.9. The minimum absolute atomic E-state index is 0.138. The Morgan fingerprint density at radius 3 is 2.31 bits per heavy atom. The first-order valence-corrected chi connectivity index (χ1v) is 8.04. The summed E-state index contributed by atoms with van der Waals surface area (Å²) in [5.41, 5.74) is 1.94. The molecule has 2 aromatic carbocycles. The van der Waals surface area contributed by atoms with E-state index in [1.807, 2.05) is 0 Å². The Balaban J connectivity index is 1.80. The van der Waals surface area contributed by atoms with Crippen LogP contribution in [0.4, 0.5) is 5.69 Å². The largest absolute Gasteiger partial charge is 0.496 e. The topological polar surface area (TPSA) is 96.5 Å². The van der Waals surface area contributed by atoms with Gasteiger partial charge in [-0.3, -0.25) is 14.4 Å². The highest BCUT2D eigenvalue weighted by Crippen LogP contribution is 2.16. The van der Waals surface area contributed by atoms with Crippen molar-refractivity contribution in [2.24, 2.45) is 0 Å². The van der Waals surface area contributed by atoms with Crippen LogP contribution in [0.3, 0.4) is 0 Å². The van der Waals surface area contributed by atoms with Crippen LogP contribution in [-0.2, 0) is 16.1 Å². The van der Waals surface area contributed by atoms with Crippen molar-refractivity contribution in [1.82, 2.24) is 10.6 Å². The molecule has 0 saturated carbocycles. The van der Waals surface area contributed by atoms with Crippen molar-refractivity contribution >= 4 is 23.4 Å². The lowest BCUT2D eigenvalue weighted by molar-refractivity contribution is -0.120. The molecule has 0 bridgehead atoms. The van der Waals surface area contributed by atoms with Crippen LogP contribution in [0.25, 0.3) is 0 Å². The molecule has 0 radical (unpaired) electrons. The highest BCUT2D eigenvalue weighted by atomic mass is 16.5. The lowest BCUT2D eigenvalue weighted by Crippen LogP contribution is -2.36. The molecule has 7 nitrogen and oxygen atoms in total. The molecule has 0 saturated heterocycles. The monoisotopic (exact) mass is 355 g/mol. The summed E-state index contributed by atoms with van der Waals surface area (Å²) < 4.78 is 5.12. The number of nitrogens with one attached hydrogen (secondary N) is 3. The van der Waals surface area contributed by atoms with Crippen LogP contribution in [0, 0.1) is 0 Å². The molecule has 0 aliphatic carbocycles. The van der Waals surface area contributed by atoms with Gasteiger partial charge in [-0.2, -0.15) is 0 Å². The minimum atomic E-state index is -0.378. The van der Waals surface area contributed by atoms with Crippen LogP contribution in [0.2, 0.25) is 0 Å². The summed E-state index contributed by atoms with van der Waals surface area (Å²) in [6, 6.07) is 13.9. The second kappa shape index (κ2) is 9.22. The van der Waals surface area contributed by atoms with Crippen LogP contribution >= 0.6 is 0 Å². The number of benzene rings is 2. The summed E-state index contributed by atoms with van der Waals surface area (Å²) >= 11 is 0. The van der Waals surface area contributed by atoms with Crippen molar-refractivity contribution in [3.05, 3.63) is 59.7 Å². The molecule has 3 N–H and O–H groups in total. The third kappa shape index (κ3) is 5.62. The van der Waals surface area contributed by atoms with E-state index in [1.54, 1.807) is 48.5 Å². The predicted octanol–water partition coefficient (Wildman–Crippen LogP) is 1.70. The van der Waals surface area contributed by atoms with E-state index in [0.717, 1.165) is 5.56 Å². The highest BCUT2D eigenvalue weighted by molar-refractivity contribution is 5.98. The maximum absolute atomic E-state index is 12.1. The molecule has 0 aliphatic heterocycles.